The summed E-state index contributed by atoms with van der Waals surface area (Å²) in [6, 6.07) is 7.50. The van der Waals surface area contributed by atoms with Crippen LogP contribution in [-0.2, 0) is 20.1 Å². The molecule has 0 bridgehead atoms. The van der Waals surface area contributed by atoms with E-state index >= 15 is 0 Å². The summed E-state index contributed by atoms with van der Waals surface area (Å²) >= 11 is 1.55. The third kappa shape index (κ3) is 7.17. The second-order valence-electron chi connectivity index (χ2n) is 6.07. The van der Waals surface area contributed by atoms with E-state index < -0.39 is 5.97 Å². The van der Waals surface area contributed by atoms with Crippen molar-refractivity contribution in [1.29, 1.82) is 0 Å². The van der Waals surface area contributed by atoms with Crippen LogP contribution in [-0.4, -0.2) is 46.6 Å². The number of carboxylic acids is 1. The number of nitrogens with zero attached hydrogens (tertiary/aromatic N) is 1. The van der Waals surface area contributed by atoms with E-state index in [1.165, 1.54) is 0 Å². The number of anilines is 1. The van der Waals surface area contributed by atoms with Gasteiger partial charge in [-0.15, -0.1) is 0 Å². The molecular weight excluding hydrogens is 340 g/mol. The van der Waals surface area contributed by atoms with Crippen molar-refractivity contribution in [3.8, 4) is 0 Å². The summed E-state index contributed by atoms with van der Waals surface area (Å²) in [5.74, 6) is 0.323. The van der Waals surface area contributed by atoms with E-state index in [1.54, 1.807) is 16.7 Å². The van der Waals surface area contributed by atoms with Crippen LogP contribution in [0.3, 0.4) is 0 Å². The third-order valence-corrected chi connectivity index (χ3v) is 4.98. The molecule has 1 aliphatic rings. The lowest BCUT2D eigenvalue weighted by molar-refractivity contribution is -0.136. The molecular formula is C18H24N2O4S. The van der Waals surface area contributed by atoms with Crippen LogP contribution in [0.5, 0.6) is 0 Å². The van der Waals surface area contributed by atoms with Crippen LogP contribution in [0.4, 0.5) is 5.69 Å². The van der Waals surface area contributed by atoms with Gasteiger partial charge in [-0.3, -0.25) is 14.4 Å². The van der Waals surface area contributed by atoms with Gasteiger partial charge >= 0.3 is 5.97 Å². The molecule has 0 aromatic heterocycles. The largest absolute Gasteiger partial charge is 0.481 e. The Hall–Kier alpha value is -2.02. The molecule has 0 aliphatic carbocycles. The first-order chi connectivity index (χ1) is 12.0. The van der Waals surface area contributed by atoms with Crippen LogP contribution in [0, 0.1) is 0 Å². The molecule has 2 amide bonds. The van der Waals surface area contributed by atoms with Crippen LogP contribution < -0.4 is 5.32 Å². The Balaban J connectivity index is 1.82. The quantitative estimate of drug-likeness (QED) is 0.693. The summed E-state index contributed by atoms with van der Waals surface area (Å²) in [5.41, 5.74) is 1.72. The zero-order chi connectivity index (χ0) is 18.1. The van der Waals surface area contributed by atoms with Crippen molar-refractivity contribution >= 4 is 35.2 Å². The molecule has 7 heteroatoms. The smallest absolute Gasteiger partial charge is 0.304 e. The highest BCUT2D eigenvalue weighted by Crippen LogP contribution is 2.17. The highest BCUT2D eigenvalue weighted by Gasteiger charge is 2.19. The van der Waals surface area contributed by atoms with Crippen LogP contribution in [0.15, 0.2) is 24.3 Å². The Morgan fingerprint density at radius 1 is 1.24 bits per heavy atom. The maximum atomic E-state index is 12.2. The maximum absolute atomic E-state index is 12.2. The zero-order valence-corrected chi connectivity index (χ0v) is 15.0. The summed E-state index contributed by atoms with van der Waals surface area (Å²) in [6.45, 7) is 0.739. The summed E-state index contributed by atoms with van der Waals surface area (Å²) in [5, 5.41) is 11.5. The molecule has 2 N–H and O–H groups in total. The fraction of sp³-hybridized carbons (Fsp3) is 0.500. The van der Waals surface area contributed by atoms with E-state index in [-0.39, 0.29) is 24.8 Å². The number of thioether (sulfide) groups is 1. The Bertz CT molecular complexity index is 621. The summed E-state index contributed by atoms with van der Waals surface area (Å²) in [7, 11) is 0. The Morgan fingerprint density at radius 2 is 2.08 bits per heavy atom. The number of rotatable bonds is 8. The molecule has 0 spiro atoms. The zero-order valence-electron chi connectivity index (χ0n) is 14.2. The molecule has 136 valence electrons. The number of aliphatic carboxylic acids is 1. The predicted octanol–water partition coefficient (Wildman–Crippen LogP) is 2.74. The molecule has 2 rings (SSSR count). The second kappa shape index (κ2) is 10.1. The average molecular weight is 364 g/mol. The van der Waals surface area contributed by atoms with Gasteiger partial charge in [0.25, 0.3) is 0 Å². The molecule has 25 heavy (non-hydrogen) atoms. The van der Waals surface area contributed by atoms with Crippen LogP contribution in [0.1, 0.15) is 37.7 Å². The summed E-state index contributed by atoms with van der Waals surface area (Å²) < 4.78 is 0. The van der Waals surface area contributed by atoms with Gasteiger partial charge in [0, 0.05) is 30.2 Å². The summed E-state index contributed by atoms with van der Waals surface area (Å²) in [4.78, 5) is 36.3. The lowest BCUT2D eigenvalue weighted by atomic mass is 10.2. The van der Waals surface area contributed by atoms with Crippen molar-refractivity contribution in [2.75, 3.05) is 24.2 Å². The highest BCUT2D eigenvalue weighted by atomic mass is 32.2. The van der Waals surface area contributed by atoms with Crippen LogP contribution in [0.25, 0.3) is 0 Å². The van der Waals surface area contributed by atoms with Gasteiger partial charge in [-0.05, 0) is 30.5 Å². The maximum Gasteiger partial charge on any atom is 0.304 e. The monoisotopic (exact) mass is 364 g/mol. The normalized spacial score (nSPS) is 14.9. The minimum atomic E-state index is -0.795. The minimum Gasteiger partial charge on any atom is -0.481 e. The van der Waals surface area contributed by atoms with E-state index in [9.17, 15) is 14.4 Å². The van der Waals surface area contributed by atoms with Gasteiger partial charge in [-0.2, -0.15) is 11.8 Å². The fourth-order valence-corrected chi connectivity index (χ4v) is 3.55. The molecule has 1 fully saturated rings. The highest BCUT2D eigenvalue weighted by molar-refractivity contribution is 7.98. The number of carboxylic acid groups (broad SMARTS) is 1. The van der Waals surface area contributed by atoms with Gasteiger partial charge < -0.3 is 15.3 Å². The molecule has 1 aromatic carbocycles. The molecule has 1 aliphatic heterocycles. The van der Waals surface area contributed by atoms with Crippen LogP contribution >= 0.6 is 11.8 Å². The molecule has 0 saturated carbocycles. The van der Waals surface area contributed by atoms with E-state index in [4.69, 9.17) is 5.11 Å². The molecule has 0 unspecified atom stereocenters. The number of hydrogen-bond donors (Lipinski definition) is 2. The lowest BCUT2D eigenvalue weighted by Gasteiger charge is -2.19. The average Bonchev–Trinajstić information content (AvgIpc) is 2.76. The van der Waals surface area contributed by atoms with Crippen molar-refractivity contribution in [2.45, 2.75) is 37.9 Å². The molecule has 1 saturated heterocycles. The Morgan fingerprint density at radius 3 is 2.88 bits per heavy atom. The second-order valence-corrected chi connectivity index (χ2v) is 7.18. The SMILES string of the molecule is O=C(O)CCSCc1cccc(NC(=O)CN2CCCCCC2=O)c1. The van der Waals surface area contributed by atoms with E-state index in [0.29, 0.717) is 30.2 Å². The van der Waals surface area contributed by atoms with Crippen molar-refractivity contribution in [3.05, 3.63) is 29.8 Å². The van der Waals surface area contributed by atoms with Crippen LogP contribution in [0.2, 0.25) is 0 Å². The topological polar surface area (TPSA) is 86.7 Å². The predicted molar refractivity (Wildman–Crippen MR) is 98.5 cm³/mol. The summed E-state index contributed by atoms with van der Waals surface area (Å²) in [6.07, 6.45) is 3.55. The first-order valence-corrected chi connectivity index (χ1v) is 9.66. The van der Waals surface area contributed by atoms with Crippen molar-refractivity contribution in [1.82, 2.24) is 4.90 Å². The van der Waals surface area contributed by atoms with Gasteiger partial charge in [0.1, 0.15) is 0 Å². The number of carbonyl (C=O) groups is 3. The van der Waals surface area contributed by atoms with Gasteiger partial charge in [0.05, 0.1) is 13.0 Å². The molecule has 0 atom stereocenters. The Labute approximate surface area is 152 Å². The van der Waals surface area contributed by atoms with Crippen molar-refractivity contribution < 1.29 is 19.5 Å². The number of likely N-dealkylation sites (tertiary alicyclic amines) is 1. The van der Waals surface area contributed by atoms with Crippen molar-refractivity contribution in [2.24, 2.45) is 0 Å². The van der Waals surface area contributed by atoms with E-state index in [0.717, 1.165) is 24.8 Å². The fourth-order valence-electron chi connectivity index (χ4n) is 2.67. The first-order valence-electron chi connectivity index (χ1n) is 8.50. The number of carbonyl (C=O) groups excluding carboxylic acids is 2. The first kappa shape index (κ1) is 19.3. The molecule has 0 radical (unpaired) electrons. The van der Waals surface area contributed by atoms with Crippen molar-refractivity contribution in [3.63, 3.8) is 0 Å². The lowest BCUT2D eigenvalue weighted by Crippen LogP contribution is -2.37. The minimum absolute atomic E-state index is 0.0521. The van der Waals surface area contributed by atoms with E-state index in [1.807, 2.05) is 24.3 Å². The van der Waals surface area contributed by atoms with Gasteiger partial charge in [-0.1, -0.05) is 18.6 Å². The number of benzene rings is 1. The van der Waals surface area contributed by atoms with Gasteiger partial charge in [0.2, 0.25) is 11.8 Å². The van der Waals surface area contributed by atoms with E-state index in [2.05, 4.69) is 5.32 Å². The number of nitrogens with one attached hydrogen (secondary N) is 1. The Kier molecular flexibility index (Phi) is 7.78. The third-order valence-electron chi connectivity index (χ3n) is 3.95. The van der Waals surface area contributed by atoms with Gasteiger partial charge in [0.15, 0.2) is 0 Å². The standard InChI is InChI=1S/C18H24N2O4S/c21-16(12-20-9-3-1-2-7-17(20)22)19-15-6-4-5-14(11-15)13-25-10-8-18(23)24/h4-6,11H,1-3,7-10,12-13H2,(H,19,21)(H,23,24). The molecule has 1 heterocycles. The van der Waals surface area contributed by atoms with Gasteiger partial charge in [-0.25, -0.2) is 0 Å². The molecule has 6 nitrogen and oxygen atoms in total. The number of amides is 2. The number of hydrogen-bond acceptors (Lipinski definition) is 4. The molecule has 1 aromatic rings.